The average molecular weight is 286 g/mol. The lowest BCUT2D eigenvalue weighted by atomic mass is 10.2. The number of ether oxygens (including phenoxy) is 1. The largest absolute Gasteiger partial charge is 0.465 e. The SMILES string of the molecule is CCOC(=O)CN(CC)C(=O)c1cc(N)cnc1Cl. The number of likely N-dealkylation sites (N-methyl/N-ethyl adjacent to an activating group) is 1. The molecule has 1 heterocycles. The Kier molecular flexibility index (Phi) is 5.57. The number of hydrogen-bond donors (Lipinski definition) is 1. The van der Waals surface area contributed by atoms with Gasteiger partial charge in [0.2, 0.25) is 0 Å². The van der Waals surface area contributed by atoms with Crippen LogP contribution in [0.25, 0.3) is 0 Å². The molecule has 1 amide bonds. The molecule has 0 aliphatic heterocycles. The van der Waals surface area contributed by atoms with E-state index in [-0.39, 0.29) is 23.9 Å². The van der Waals surface area contributed by atoms with Gasteiger partial charge in [0.15, 0.2) is 0 Å². The van der Waals surface area contributed by atoms with Crippen LogP contribution in [-0.4, -0.2) is 41.5 Å². The summed E-state index contributed by atoms with van der Waals surface area (Å²) in [5, 5.41) is 0.0570. The summed E-state index contributed by atoms with van der Waals surface area (Å²) >= 11 is 5.86. The molecule has 1 aromatic rings. The zero-order valence-corrected chi connectivity index (χ0v) is 11.6. The van der Waals surface area contributed by atoms with Crippen molar-refractivity contribution in [3.8, 4) is 0 Å². The number of nitrogens with two attached hydrogens (primary N) is 1. The highest BCUT2D eigenvalue weighted by Crippen LogP contribution is 2.17. The number of esters is 1. The molecule has 6 nitrogen and oxygen atoms in total. The summed E-state index contributed by atoms with van der Waals surface area (Å²) in [4.78, 5) is 28.8. The molecule has 0 spiro atoms. The second-order valence-electron chi connectivity index (χ2n) is 3.73. The van der Waals surface area contributed by atoms with Crippen LogP contribution < -0.4 is 5.73 Å². The molecule has 0 unspecified atom stereocenters. The molecular formula is C12H16ClN3O3. The summed E-state index contributed by atoms with van der Waals surface area (Å²) in [5.74, 6) is -0.869. The molecule has 104 valence electrons. The summed E-state index contributed by atoms with van der Waals surface area (Å²) in [5.41, 5.74) is 6.08. The Hall–Kier alpha value is -1.82. The Balaban J connectivity index is 2.89. The fourth-order valence-corrected chi connectivity index (χ4v) is 1.66. The van der Waals surface area contributed by atoms with Crippen LogP contribution in [-0.2, 0) is 9.53 Å². The molecule has 0 aliphatic carbocycles. The van der Waals surface area contributed by atoms with Gasteiger partial charge in [0.1, 0.15) is 11.7 Å². The Labute approximate surface area is 116 Å². The maximum absolute atomic E-state index is 12.2. The van der Waals surface area contributed by atoms with E-state index in [1.807, 2.05) is 0 Å². The highest BCUT2D eigenvalue weighted by atomic mass is 35.5. The van der Waals surface area contributed by atoms with Crippen molar-refractivity contribution >= 4 is 29.2 Å². The highest BCUT2D eigenvalue weighted by molar-refractivity contribution is 6.32. The first-order valence-corrected chi connectivity index (χ1v) is 6.23. The van der Waals surface area contributed by atoms with Gasteiger partial charge in [-0.05, 0) is 19.9 Å². The Bertz CT molecular complexity index is 479. The van der Waals surface area contributed by atoms with E-state index in [1.54, 1.807) is 13.8 Å². The number of halogens is 1. The minimum Gasteiger partial charge on any atom is -0.465 e. The van der Waals surface area contributed by atoms with E-state index in [0.29, 0.717) is 12.2 Å². The summed E-state index contributed by atoms with van der Waals surface area (Å²) in [6.45, 7) is 3.95. The van der Waals surface area contributed by atoms with E-state index in [9.17, 15) is 9.59 Å². The molecule has 2 N–H and O–H groups in total. The van der Waals surface area contributed by atoms with Gasteiger partial charge in [-0.3, -0.25) is 9.59 Å². The lowest BCUT2D eigenvalue weighted by Crippen LogP contribution is -2.36. The second-order valence-corrected chi connectivity index (χ2v) is 4.09. The molecule has 0 saturated carbocycles. The quantitative estimate of drug-likeness (QED) is 0.652. The van der Waals surface area contributed by atoms with Crippen molar-refractivity contribution < 1.29 is 14.3 Å². The average Bonchev–Trinajstić information content (AvgIpc) is 2.38. The predicted octanol–water partition coefficient (Wildman–Crippen LogP) is 1.34. The van der Waals surface area contributed by atoms with Gasteiger partial charge in [0.25, 0.3) is 5.91 Å². The Morgan fingerprint density at radius 1 is 1.47 bits per heavy atom. The van der Waals surface area contributed by atoms with Crippen LogP contribution in [0.2, 0.25) is 5.15 Å². The molecule has 7 heteroatoms. The van der Waals surface area contributed by atoms with Gasteiger partial charge in [-0.1, -0.05) is 11.6 Å². The standard InChI is InChI=1S/C12H16ClN3O3/c1-3-16(7-10(17)19-4-2)12(18)9-5-8(14)6-15-11(9)13/h5-6H,3-4,7,14H2,1-2H3. The lowest BCUT2D eigenvalue weighted by molar-refractivity contribution is -0.143. The number of nitrogens with zero attached hydrogens (tertiary/aromatic N) is 2. The van der Waals surface area contributed by atoms with Gasteiger partial charge in [-0.2, -0.15) is 0 Å². The predicted molar refractivity (Wildman–Crippen MR) is 71.9 cm³/mol. The first kappa shape index (κ1) is 15.2. The van der Waals surface area contributed by atoms with E-state index in [0.717, 1.165) is 0 Å². The molecular weight excluding hydrogens is 270 g/mol. The zero-order chi connectivity index (χ0) is 14.4. The van der Waals surface area contributed by atoms with E-state index in [4.69, 9.17) is 22.1 Å². The maximum atomic E-state index is 12.2. The molecule has 0 fully saturated rings. The van der Waals surface area contributed by atoms with Gasteiger partial charge in [0.05, 0.1) is 24.1 Å². The summed E-state index contributed by atoms with van der Waals surface area (Å²) in [6, 6.07) is 1.44. The number of carbonyl (C=O) groups is 2. The molecule has 0 saturated heterocycles. The summed E-state index contributed by atoms with van der Waals surface area (Å²) in [6.07, 6.45) is 1.36. The van der Waals surface area contributed by atoms with Crippen molar-refractivity contribution in [2.24, 2.45) is 0 Å². The first-order valence-electron chi connectivity index (χ1n) is 5.85. The number of amides is 1. The number of pyridine rings is 1. The van der Waals surface area contributed by atoms with Crippen molar-refractivity contribution in [3.63, 3.8) is 0 Å². The fourth-order valence-electron chi connectivity index (χ4n) is 1.47. The molecule has 0 bridgehead atoms. The van der Waals surface area contributed by atoms with Crippen LogP contribution in [0.15, 0.2) is 12.3 Å². The van der Waals surface area contributed by atoms with Crippen LogP contribution in [0.1, 0.15) is 24.2 Å². The molecule has 0 radical (unpaired) electrons. The second kappa shape index (κ2) is 6.94. The Morgan fingerprint density at radius 2 is 2.16 bits per heavy atom. The minimum atomic E-state index is -0.467. The van der Waals surface area contributed by atoms with E-state index in [2.05, 4.69) is 4.98 Å². The number of aromatic nitrogens is 1. The third kappa shape index (κ3) is 4.10. The molecule has 1 aromatic heterocycles. The van der Waals surface area contributed by atoms with Crippen molar-refractivity contribution in [3.05, 3.63) is 23.0 Å². The van der Waals surface area contributed by atoms with Crippen molar-refractivity contribution in [2.45, 2.75) is 13.8 Å². The third-order valence-corrected chi connectivity index (χ3v) is 2.69. The monoisotopic (exact) mass is 285 g/mol. The van der Waals surface area contributed by atoms with Crippen molar-refractivity contribution in [1.82, 2.24) is 9.88 Å². The van der Waals surface area contributed by atoms with Gasteiger partial charge in [-0.25, -0.2) is 4.98 Å². The number of carbonyl (C=O) groups excluding carboxylic acids is 2. The van der Waals surface area contributed by atoms with Crippen LogP contribution in [0.3, 0.4) is 0 Å². The van der Waals surface area contributed by atoms with Crippen molar-refractivity contribution in [1.29, 1.82) is 0 Å². The van der Waals surface area contributed by atoms with Crippen LogP contribution in [0.4, 0.5) is 5.69 Å². The minimum absolute atomic E-state index is 0.0570. The van der Waals surface area contributed by atoms with Crippen LogP contribution in [0, 0.1) is 0 Å². The van der Waals surface area contributed by atoms with Gasteiger partial charge < -0.3 is 15.4 Å². The molecule has 1 rings (SSSR count). The van der Waals surface area contributed by atoms with Gasteiger partial charge in [-0.15, -0.1) is 0 Å². The van der Waals surface area contributed by atoms with Gasteiger partial charge in [0, 0.05) is 6.54 Å². The number of hydrogen-bond acceptors (Lipinski definition) is 5. The lowest BCUT2D eigenvalue weighted by Gasteiger charge is -2.20. The highest BCUT2D eigenvalue weighted by Gasteiger charge is 2.21. The molecule has 0 aromatic carbocycles. The third-order valence-electron chi connectivity index (χ3n) is 2.38. The number of nitrogen functional groups attached to an aromatic ring is 1. The summed E-state index contributed by atoms with van der Waals surface area (Å²) < 4.78 is 4.81. The first-order chi connectivity index (χ1) is 8.99. The maximum Gasteiger partial charge on any atom is 0.325 e. The molecule has 0 aliphatic rings. The Morgan fingerprint density at radius 3 is 2.74 bits per heavy atom. The van der Waals surface area contributed by atoms with E-state index >= 15 is 0 Å². The van der Waals surface area contributed by atoms with Crippen LogP contribution in [0.5, 0.6) is 0 Å². The molecule has 19 heavy (non-hydrogen) atoms. The fraction of sp³-hybridized carbons (Fsp3) is 0.417. The van der Waals surface area contributed by atoms with E-state index in [1.165, 1.54) is 17.2 Å². The van der Waals surface area contributed by atoms with E-state index < -0.39 is 11.9 Å². The zero-order valence-electron chi connectivity index (χ0n) is 10.9. The number of rotatable bonds is 5. The topological polar surface area (TPSA) is 85.5 Å². The van der Waals surface area contributed by atoms with Crippen molar-refractivity contribution in [2.75, 3.05) is 25.4 Å². The van der Waals surface area contributed by atoms with Crippen LogP contribution >= 0.6 is 11.6 Å². The normalized spacial score (nSPS) is 10.1. The van der Waals surface area contributed by atoms with Gasteiger partial charge >= 0.3 is 5.97 Å². The summed E-state index contributed by atoms with van der Waals surface area (Å²) in [7, 11) is 0. The smallest absolute Gasteiger partial charge is 0.325 e. The molecule has 0 atom stereocenters. The number of anilines is 1.